The van der Waals surface area contributed by atoms with Gasteiger partial charge < -0.3 is 20.5 Å². The van der Waals surface area contributed by atoms with Crippen molar-refractivity contribution in [3.63, 3.8) is 0 Å². The molecule has 6 heteroatoms. The highest BCUT2D eigenvalue weighted by molar-refractivity contribution is 5.94. The molecule has 1 aromatic rings. The van der Waals surface area contributed by atoms with Crippen LogP contribution in [0.5, 0.6) is 0 Å². The molecule has 0 aromatic heterocycles. The average Bonchev–Trinajstić information content (AvgIpc) is 2.55. The fourth-order valence-corrected chi connectivity index (χ4v) is 2.00. The summed E-state index contributed by atoms with van der Waals surface area (Å²) in [7, 11) is 0. The summed E-state index contributed by atoms with van der Waals surface area (Å²) in [4.78, 5) is 23.9. The van der Waals surface area contributed by atoms with Crippen LogP contribution >= 0.6 is 0 Å². The first-order valence-corrected chi connectivity index (χ1v) is 8.17. The number of carbonyl (C=O) groups is 2. The predicted molar refractivity (Wildman–Crippen MR) is 92.7 cm³/mol. The van der Waals surface area contributed by atoms with Crippen LogP contribution in [0.3, 0.4) is 0 Å². The van der Waals surface area contributed by atoms with Gasteiger partial charge in [0.1, 0.15) is 6.10 Å². The maximum atomic E-state index is 12.0. The first kappa shape index (κ1) is 20.1. The molecule has 0 saturated heterocycles. The Labute approximate surface area is 143 Å². The van der Waals surface area contributed by atoms with Crippen LogP contribution in [-0.2, 0) is 9.53 Å². The second-order valence-electron chi connectivity index (χ2n) is 6.60. The lowest BCUT2D eigenvalue weighted by molar-refractivity contribution is -0.129. The van der Waals surface area contributed by atoms with Gasteiger partial charge in [-0.05, 0) is 19.1 Å². The van der Waals surface area contributed by atoms with Gasteiger partial charge in [-0.25, -0.2) is 0 Å². The fraction of sp³-hybridized carbons (Fsp3) is 0.556. The Morgan fingerprint density at radius 1 is 1.12 bits per heavy atom. The molecule has 0 aliphatic rings. The summed E-state index contributed by atoms with van der Waals surface area (Å²) in [6.07, 6.45) is -1.50. The zero-order chi connectivity index (χ0) is 18.2. The molecule has 1 aromatic carbocycles. The van der Waals surface area contributed by atoms with E-state index in [4.69, 9.17) is 4.74 Å². The van der Waals surface area contributed by atoms with Crippen LogP contribution in [0.15, 0.2) is 30.3 Å². The Morgan fingerprint density at radius 2 is 1.75 bits per heavy atom. The van der Waals surface area contributed by atoms with Crippen molar-refractivity contribution in [1.82, 2.24) is 10.6 Å². The quantitative estimate of drug-likeness (QED) is 0.669. The summed E-state index contributed by atoms with van der Waals surface area (Å²) in [5, 5.41) is 15.7. The van der Waals surface area contributed by atoms with Gasteiger partial charge in [0, 0.05) is 30.7 Å². The molecule has 0 heterocycles. The molecule has 6 nitrogen and oxygen atoms in total. The highest BCUT2D eigenvalue weighted by Gasteiger charge is 2.25. The largest absolute Gasteiger partial charge is 0.388 e. The molecule has 2 amide bonds. The van der Waals surface area contributed by atoms with E-state index in [1.54, 1.807) is 24.3 Å². The van der Waals surface area contributed by atoms with E-state index in [2.05, 4.69) is 10.6 Å². The van der Waals surface area contributed by atoms with Gasteiger partial charge in [-0.3, -0.25) is 9.59 Å². The Morgan fingerprint density at radius 3 is 2.29 bits per heavy atom. The van der Waals surface area contributed by atoms with Crippen molar-refractivity contribution in [3.05, 3.63) is 35.9 Å². The maximum Gasteiger partial charge on any atom is 0.251 e. The minimum Gasteiger partial charge on any atom is -0.388 e. The van der Waals surface area contributed by atoms with Crippen molar-refractivity contribution >= 4 is 11.8 Å². The van der Waals surface area contributed by atoms with E-state index >= 15 is 0 Å². The van der Waals surface area contributed by atoms with Crippen molar-refractivity contribution in [1.29, 1.82) is 0 Å². The van der Waals surface area contributed by atoms with Crippen LogP contribution in [0, 0.1) is 5.41 Å². The first-order valence-electron chi connectivity index (χ1n) is 8.17. The number of nitrogens with one attached hydrogen (secondary N) is 2. The van der Waals surface area contributed by atoms with E-state index in [1.165, 1.54) is 0 Å². The van der Waals surface area contributed by atoms with Crippen LogP contribution in [-0.4, -0.2) is 48.8 Å². The molecule has 0 radical (unpaired) electrons. The van der Waals surface area contributed by atoms with Crippen molar-refractivity contribution in [2.75, 3.05) is 19.7 Å². The third kappa shape index (κ3) is 6.68. The van der Waals surface area contributed by atoms with Gasteiger partial charge >= 0.3 is 0 Å². The molecular formula is C18H28N2O4. The zero-order valence-corrected chi connectivity index (χ0v) is 14.8. The van der Waals surface area contributed by atoms with Crippen LogP contribution in [0.25, 0.3) is 0 Å². The highest BCUT2D eigenvalue weighted by Crippen LogP contribution is 2.12. The van der Waals surface area contributed by atoms with Crippen LogP contribution in [0.4, 0.5) is 0 Å². The van der Waals surface area contributed by atoms with Crippen molar-refractivity contribution < 1.29 is 19.4 Å². The number of amides is 2. The summed E-state index contributed by atoms with van der Waals surface area (Å²) in [5.41, 5.74) is 0.0159. The number of ether oxygens (including phenoxy) is 1. The summed E-state index contributed by atoms with van der Waals surface area (Å²) < 4.78 is 5.49. The van der Waals surface area contributed by atoms with E-state index in [0.29, 0.717) is 12.2 Å². The number of carbonyl (C=O) groups excluding carboxylic acids is 2. The summed E-state index contributed by atoms with van der Waals surface area (Å²) in [6.45, 7) is 7.89. The van der Waals surface area contributed by atoms with Crippen LogP contribution in [0.2, 0.25) is 0 Å². The number of benzene rings is 1. The minimum atomic E-state index is -0.919. The Hall–Kier alpha value is -1.92. The molecule has 24 heavy (non-hydrogen) atoms. The van der Waals surface area contributed by atoms with Crippen molar-refractivity contribution in [2.24, 2.45) is 5.41 Å². The van der Waals surface area contributed by atoms with Crippen LogP contribution < -0.4 is 10.6 Å². The monoisotopic (exact) mass is 336 g/mol. The Bertz CT molecular complexity index is 526. The van der Waals surface area contributed by atoms with Crippen LogP contribution in [0.1, 0.15) is 38.1 Å². The molecule has 0 aliphatic heterocycles. The van der Waals surface area contributed by atoms with Gasteiger partial charge in [-0.15, -0.1) is 0 Å². The lowest BCUT2D eigenvalue weighted by Crippen LogP contribution is -2.48. The molecule has 0 unspecified atom stereocenters. The molecule has 134 valence electrons. The average molecular weight is 336 g/mol. The molecule has 0 bridgehead atoms. The smallest absolute Gasteiger partial charge is 0.251 e. The lowest BCUT2D eigenvalue weighted by Gasteiger charge is -2.25. The minimum absolute atomic E-state index is 0.0454. The molecule has 0 spiro atoms. The van der Waals surface area contributed by atoms with E-state index < -0.39 is 17.6 Å². The first-order chi connectivity index (χ1) is 11.3. The predicted octanol–water partition coefficient (Wildman–Crippen LogP) is 1.34. The lowest BCUT2D eigenvalue weighted by atomic mass is 9.95. The number of hydrogen-bond donors (Lipinski definition) is 3. The number of aliphatic hydroxyl groups excluding tert-OH is 1. The van der Waals surface area contributed by atoms with Crippen molar-refractivity contribution in [3.8, 4) is 0 Å². The molecule has 1 rings (SSSR count). The van der Waals surface area contributed by atoms with E-state index in [9.17, 15) is 14.7 Å². The number of hydrogen-bond acceptors (Lipinski definition) is 4. The summed E-state index contributed by atoms with van der Waals surface area (Å²) >= 11 is 0. The molecule has 0 aliphatic carbocycles. The molecule has 3 N–H and O–H groups in total. The summed E-state index contributed by atoms with van der Waals surface area (Å²) in [6, 6.07) is 8.78. The molecule has 2 atom stereocenters. The molecule has 0 saturated carbocycles. The van der Waals surface area contributed by atoms with E-state index in [0.717, 1.165) is 0 Å². The third-order valence-electron chi connectivity index (χ3n) is 3.46. The van der Waals surface area contributed by atoms with Gasteiger partial charge in [-0.1, -0.05) is 39.0 Å². The van der Waals surface area contributed by atoms with Gasteiger partial charge in [0.25, 0.3) is 5.91 Å². The molecular weight excluding hydrogens is 308 g/mol. The van der Waals surface area contributed by atoms with E-state index in [1.807, 2.05) is 33.8 Å². The topological polar surface area (TPSA) is 87.7 Å². The zero-order valence-electron chi connectivity index (χ0n) is 14.8. The Kier molecular flexibility index (Phi) is 7.88. The van der Waals surface area contributed by atoms with Gasteiger partial charge in [-0.2, -0.15) is 0 Å². The molecule has 0 fully saturated rings. The van der Waals surface area contributed by atoms with Crippen molar-refractivity contribution in [2.45, 2.75) is 39.9 Å². The van der Waals surface area contributed by atoms with E-state index in [-0.39, 0.29) is 24.9 Å². The second kappa shape index (κ2) is 9.39. The maximum absolute atomic E-state index is 12.0. The Balaban J connectivity index is 2.52. The highest BCUT2D eigenvalue weighted by atomic mass is 16.5. The standard InChI is InChI=1S/C18H28N2O4/c1-5-24-15(12-20-17(23)18(2,3)4)14(21)11-19-16(22)13-9-7-6-8-10-13/h6-10,14-15,21H,5,11-12H2,1-4H3,(H,19,22)(H,20,23)/t14-,15+/m0/s1. The number of aliphatic hydroxyl groups is 1. The van der Waals surface area contributed by atoms with Gasteiger partial charge in [0.15, 0.2) is 0 Å². The fourth-order valence-electron chi connectivity index (χ4n) is 2.00. The third-order valence-corrected chi connectivity index (χ3v) is 3.46. The van der Waals surface area contributed by atoms with Gasteiger partial charge in [0.05, 0.1) is 6.10 Å². The SMILES string of the molecule is CCO[C@H](CNC(=O)C(C)(C)C)[C@@H](O)CNC(=O)c1ccccc1. The van der Waals surface area contributed by atoms with Gasteiger partial charge in [0.2, 0.25) is 5.91 Å². The normalized spacial score (nSPS) is 13.9. The second-order valence-corrected chi connectivity index (χ2v) is 6.60. The number of rotatable bonds is 8. The summed E-state index contributed by atoms with van der Waals surface area (Å²) in [5.74, 6) is -0.378.